The van der Waals surface area contributed by atoms with Gasteiger partial charge in [0.05, 0.1) is 6.04 Å². The molecule has 1 aliphatic heterocycles. The number of rotatable bonds is 6. The molecule has 1 saturated heterocycles. The van der Waals surface area contributed by atoms with Crippen molar-refractivity contribution in [1.29, 1.82) is 0 Å². The standard InChI is InChI=1S/C23H35N3O/c1-19-9-6-7-13-22(19)24-23(27)20(2)26-17-15-25(16-18-26)14-8-12-21-10-4-3-5-11-21/h3-5,8,10-12,19-20,22H,6-7,9,13-18H2,1-2H3,(H,24,27)/b12-8+. The van der Waals surface area contributed by atoms with Gasteiger partial charge in [-0.1, -0.05) is 62.2 Å². The molecule has 1 heterocycles. The lowest BCUT2D eigenvalue weighted by atomic mass is 9.86. The Morgan fingerprint density at radius 1 is 1.15 bits per heavy atom. The van der Waals surface area contributed by atoms with Crippen molar-refractivity contribution in [3.8, 4) is 0 Å². The first-order valence-electron chi connectivity index (χ1n) is 10.6. The number of hydrogen-bond donors (Lipinski definition) is 1. The average Bonchev–Trinajstić information content (AvgIpc) is 2.70. The first-order chi connectivity index (χ1) is 13.1. The fraction of sp³-hybridized carbons (Fsp3) is 0.609. The molecule has 0 bridgehead atoms. The van der Waals surface area contributed by atoms with Gasteiger partial charge in [-0.15, -0.1) is 0 Å². The third-order valence-corrected chi connectivity index (χ3v) is 6.25. The molecule has 148 valence electrons. The summed E-state index contributed by atoms with van der Waals surface area (Å²) in [6.45, 7) is 9.29. The largest absolute Gasteiger partial charge is 0.352 e. The Labute approximate surface area is 164 Å². The minimum absolute atomic E-state index is 0.0267. The lowest BCUT2D eigenvalue weighted by Gasteiger charge is -2.38. The normalized spacial score (nSPS) is 26.1. The van der Waals surface area contributed by atoms with Crippen LogP contribution in [-0.4, -0.2) is 60.5 Å². The summed E-state index contributed by atoms with van der Waals surface area (Å²) in [6.07, 6.45) is 9.37. The maximum Gasteiger partial charge on any atom is 0.237 e. The van der Waals surface area contributed by atoms with E-state index < -0.39 is 0 Å². The Kier molecular flexibility index (Phi) is 7.48. The first kappa shape index (κ1) is 20.1. The molecule has 1 N–H and O–H groups in total. The minimum Gasteiger partial charge on any atom is -0.352 e. The molecule has 1 amide bonds. The van der Waals surface area contributed by atoms with E-state index in [1.165, 1.54) is 24.8 Å². The van der Waals surface area contributed by atoms with Crippen LogP contribution >= 0.6 is 0 Å². The van der Waals surface area contributed by atoms with Gasteiger partial charge in [-0.3, -0.25) is 14.6 Å². The molecule has 0 radical (unpaired) electrons. The van der Waals surface area contributed by atoms with E-state index in [0.717, 1.165) is 39.1 Å². The fourth-order valence-electron chi connectivity index (χ4n) is 4.24. The van der Waals surface area contributed by atoms with Crippen molar-refractivity contribution in [2.45, 2.75) is 51.6 Å². The van der Waals surface area contributed by atoms with Gasteiger partial charge in [0, 0.05) is 38.8 Å². The highest BCUT2D eigenvalue weighted by molar-refractivity contribution is 5.81. The SMILES string of the molecule is CC1CCCCC1NC(=O)C(C)N1CCN(C/C=C/c2ccccc2)CC1. The molecule has 1 aromatic carbocycles. The van der Waals surface area contributed by atoms with E-state index in [0.29, 0.717) is 12.0 Å². The molecule has 2 fully saturated rings. The molecular weight excluding hydrogens is 334 g/mol. The van der Waals surface area contributed by atoms with Gasteiger partial charge in [0.2, 0.25) is 5.91 Å². The maximum atomic E-state index is 12.7. The van der Waals surface area contributed by atoms with Gasteiger partial charge >= 0.3 is 0 Å². The Bertz CT molecular complexity index is 607. The molecule has 4 nitrogen and oxygen atoms in total. The maximum absolute atomic E-state index is 12.7. The van der Waals surface area contributed by atoms with Gasteiger partial charge in [0.1, 0.15) is 0 Å². The molecule has 4 heteroatoms. The third-order valence-electron chi connectivity index (χ3n) is 6.25. The fourth-order valence-corrected chi connectivity index (χ4v) is 4.24. The first-order valence-corrected chi connectivity index (χ1v) is 10.6. The minimum atomic E-state index is -0.0267. The summed E-state index contributed by atoms with van der Waals surface area (Å²) in [5.74, 6) is 0.828. The van der Waals surface area contributed by atoms with E-state index in [1.807, 2.05) is 6.07 Å². The zero-order valence-corrected chi connectivity index (χ0v) is 16.9. The predicted molar refractivity (Wildman–Crippen MR) is 113 cm³/mol. The van der Waals surface area contributed by atoms with Crippen LogP contribution in [0.4, 0.5) is 0 Å². The number of carbonyl (C=O) groups excluding carboxylic acids is 1. The number of amides is 1. The van der Waals surface area contributed by atoms with Crippen LogP contribution in [-0.2, 0) is 4.79 Å². The smallest absolute Gasteiger partial charge is 0.237 e. The summed E-state index contributed by atoms with van der Waals surface area (Å²) >= 11 is 0. The van der Waals surface area contributed by atoms with Gasteiger partial charge in [0.15, 0.2) is 0 Å². The second kappa shape index (κ2) is 10.0. The van der Waals surface area contributed by atoms with Crippen molar-refractivity contribution in [1.82, 2.24) is 15.1 Å². The molecule has 27 heavy (non-hydrogen) atoms. The van der Waals surface area contributed by atoms with Crippen molar-refractivity contribution in [2.75, 3.05) is 32.7 Å². The van der Waals surface area contributed by atoms with Crippen LogP contribution in [0.1, 0.15) is 45.1 Å². The van der Waals surface area contributed by atoms with Gasteiger partial charge in [-0.2, -0.15) is 0 Å². The van der Waals surface area contributed by atoms with Crippen LogP contribution in [0.15, 0.2) is 36.4 Å². The van der Waals surface area contributed by atoms with Gasteiger partial charge < -0.3 is 5.32 Å². The van der Waals surface area contributed by atoms with Crippen LogP contribution in [0.5, 0.6) is 0 Å². The van der Waals surface area contributed by atoms with Crippen molar-refractivity contribution in [2.24, 2.45) is 5.92 Å². The van der Waals surface area contributed by atoms with E-state index in [4.69, 9.17) is 0 Å². The number of nitrogens with one attached hydrogen (secondary N) is 1. The van der Waals surface area contributed by atoms with E-state index in [-0.39, 0.29) is 11.9 Å². The van der Waals surface area contributed by atoms with Crippen LogP contribution in [0.2, 0.25) is 0 Å². The highest BCUT2D eigenvalue weighted by atomic mass is 16.2. The Hall–Kier alpha value is -1.65. The van der Waals surface area contributed by atoms with Crippen LogP contribution in [0.3, 0.4) is 0 Å². The van der Waals surface area contributed by atoms with Crippen molar-refractivity contribution < 1.29 is 4.79 Å². The molecule has 1 aromatic rings. The summed E-state index contributed by atoms with van der Waals surface area (Å²) in [6, 6.07) is 10.8. The van der Waals surface area contributed by atoms with Gasteiger partial charge in [0.25, 0.3) is 0 Å². The molecular formula is C23H35N3O. The van der Waals surface area contributed by atoms with Crippen LogP contribution in [0, 0.1) is 5.92 Å². The van der Waals surface area contributed by atoms with E-state index in [1.54, 1.807) is 0 Å². The average molecular weight is 370 g/mol. The number of hydrogen-bond acceptors (Lipinski definition) is 3. The van der Waals surface area contributed by atoms with Crippen molar-refractivity contribution in [3.63, 3.8) is 0 Å². The number of benzene rings is 1. The number of nitrogens with zero attached hydrogens (tertiary/aromatic N) is 2. The topological polar surface area (TPSA) is 35.6 Å². The molecule has 0 spiro atoms. The summed E-state index contributed by atoms with van der Waals surface area (Å²) in [5, 5.41) is 3.32. The van der Waals surface area contributed by atoms with Crippen LogP contribution < -0.4 is 5.32 Å². The Balaban J connectivity index is 1.40. The van der Waals surface area contributed by atoms with Crippen LogP contribution in [0.25, 0.3) is 6.08 Å². The zero-order valence-electron chi connectivity index (χ0n) is 16.9. The van der Waals surface area contributed by atoms with E-state index in [9.17, 15) is 4.79 Å². The lowest BCUT2D eigenvalue weighted by molar-refractivity contribution is -0.127. The second-order valence-electron chi connectivity index (χ2n) is 8.20. The monoisotopic (exact) mass is 369 g/mol. The molecule has 3 atom stereocenters. The van der Waals surface area contributed by atoms with E-state index >= 15 is 0 Å². The molecule has 2 aliphatic rings. The van der Waals surface area contributed by atoms with Gasteiger partial charge in [-0.25, -0.2) is 0 Å². The summed E-state index contributed by atoms with van der Waals surface area (Å²) < 4.78 is 0. The third kappa shape index (κ3) is 5.91. The predicted octanol–water partition coefficient (Wildman–Crippen LogP) is 3.40. The summed E-state index contributed by atoms with van der Waals surface area (Å²) in [4.78, 5) is 17.5. The van der Waals surface area contributed by atoms with E-state index in [2.05, 4.69) is 65.4 Å². The zero-order chi connectivity index (χ0) is 19.1. The highest BCUT2D eigenvalue weighted by Gasteiger charge is 2.29. The van der Waals surface area contributed by atoms with Crippen molar-refractivity contribution in [3.05, 3.63) is 42.0 Å². The number of carbonyl (C=O) groups is 1. The number of piperazine rings is 1. The highest BCUT2D eigenvalue weighted by Crippen LogP contribution is 2.24. The molecule has 1 saturated carbocycles. The molecule has 3 unspecified atom stereocenters. The molecule has 3 rings (SSSR count). The molecule has 1 aliphatic carbocycles. The summed E-state index contributed by atoms with van der Waals surface area (Å²) in [5.41, 5.74) is 1.25. The van der Waals surface area contributed by atoms with Crippen molar-refractivity contribution >= 4 is 12.0 Å². The lowest BCUT2D eigenvalue weighted by Crippen LogP contribution is -2.55. The second-order valence-corrected chi connectivity index (χ2v) is 8.20. The quantitative estimate of drug-likeness (QED) is 0.835. The molecule has 0 aromatic heterocycles. The van der Waals surface area contributed by atoms with Gasteiger partial charge in [-0.05, 0) is 31.2 Å². The Morgan fingerprint density at radius 3 is 2.56 bits per heavy atom. The summed E-state index contributed by atoms with van der Waals surface area (Å²) in [7, 11) is 0. The Morgan fingerprint density at radius 2 is 1.85 bits per heavy atom.